The molecule has 2 heterocycles. The van der Waals surface area contributed by atoms with Crippen molar-refractivity contribution in [2.24, 2.45) is 0 Å². The molecule has 31 heavy (non-hydrogen) atoms. The summed E-state index contributed by atoms with van der Waals surface area (Å²) in [6.45, 7) is 5.68. The van der Waals surface area contributed by atoms with Crippen molar-refractivity contribution in [1.82, 2.24) is 10.3 Å². The summed E-state index contributed by atoms with van der Waals surface area (Å²) < 4.78 is 5.41. The predicted molar refractivity (Wildman–Crippen MR) is 123 cm³/mol. The molecule has 158 valence electrons. The van der Waals surface area contributed by atoms with Crippen molar-refractivity contribution < 1.29 is 9.53 Å². The summed E-state index contributed by atoms with van der Waals surface area (Å²) in [6, 6.07) is 16.2. The van der Waals surface area contributed by atoms with Crippen LogP contribution in [0.25, 0.3) is 17.0 Å². The van der Waals surface area contributed by atoms with E-state index in [1.165, 1.54) is 0 Å². The number of anilines is 1. The zero-order valence-corrected chi connectivity index (χ0v) is 17.6. The second kappa shape index (κ2) is 9.50. The van der Waals surface area contributed by atoms with Gasteiger partial charge in [0.1, 0.15) is 11.6 Å². The Balaban J connectivity index is 1.40. The molecule has 0 spiro atoms. The molecule has 1 aliphatic rings. The van der Waals surface area contributed by atoms with E-state index in [9.17, 15) is 10.1 Å². The van der Waals surface area contributed by atoms with Gasteiger partial charge in [0, 0.05) is 42.4 Å². The number of carbonyl (C=O) groups excluding carboxylic acids is 1. The fraction of sp³-hybridized carbons (Fsp3) is 0.280. The van der Waals surface area contributed by atoms with Crippen molar-refractivity contribution in [2.45, 2.75) is 13.3 Å². The number of nitrogens with zero attached hydrogens (tertiary/aromatic N) is 2. The van der Waals surface area contributed by atoms with Gasteiger partial charge < -0.3 is 19.9 Å². The molecule has 3 aromatic rings. The second-order valence-electron chi connectivity index (χ2n) is 7.68. The van der Waals surface area contributed by atoms with E-state index in [0.717, 1.165) is 59.6 Å². The van der Waals surface area contributed by atoms with Gasteiger partial charge in [-0.1, -0.05) is 24.3 Å². The molecule has 2 aromatic carbocycles. The summed E-state index contributed by atoms with van der Waals surface area (Å²) in [6.07, 6.45) is 4.33. The number of ether oxygens (including phenoxy) is 1. The van der Waals surface area contributed by atoms with Crippen LogP contribution in [0.3, 0.4) is 0 Å². The number of aromatic nitrogens is 1. The lowest BCUT2D eigenvalue weighted by atomic mass is 10.0. The van der Waals surface area contributed by atoms with Crippen LogP contribution in [0.1, 0.15) is 16.7 Å². The minimum absolute atomic E-state index is 0.112. The Morgan fingerprint density at radius 1 is 1.26 bits per heavy atom. The third kappa shape index (κ3) is 4.79. The number of amides is 1. The molecule has 2 N–H and O–H groups in total. The van der Waals surface area contributed by atoms with E-state index in [1.54, 1.807) is 6.08 Å². The molecule has 0 aliphatic carbocycles. The molecular weight excluding hydrogens is 388 g/mol. The maximum absolute atomic E-state index is 12.6. The van der Waals surface area contributed by atoms with E-state index < -0.39 is 0 Å². The van der Waals surface area contributed by atoms with Crippen molar-refractivity contribution in [3.63, 3.8) is 0 Å². The minimum atomic E-state index is -0.348. The molecule has 0 bridgehead atoms. The van der Waals surface area contributed by atoms with Crippen LogP contribution in [0.4, 0.5) is 5.69 Å². The SMILES string of the molecule is Cc1cc(N2CCOCC2)ccc1/C=C(\C#N)C(=O)NCCc1c[nH]c2ccccc12. The number of aryl methyl sites for hydroxylation is 1. The summed E-state index contributed by atoms with van der Waals surface area (Å²) in [7, 11) is 0. The monoisotopic (exact) mass is 414 g/mol. The van der Waals surface area contributed by atoms with E-state index >= 15 is 0 Å². The number of aromatic amines is 1. The average molecular weight is 415 g/mol. The maximum Gasteiger partial charge on any atom is 0.261 e. The zero-order valence-electron chi connectivity index (χ0n) is 17.6. The van der Waals surface area contributed by atoms with Crippen LogP contribution in [0, 0.1) is 18.3 Å². The number of rotatable bonds is 6. The Kier molecular flexibility index (Phi) is 6.34. The zero-order chi connectivity index (χ0) is 21.6. The summed E-state index contributed by atoms with van der Waals surface area (Å²) >= 11 is 0. The van der Waals surface area contributed by atoms with Crippen LogP contribution < -0.4 is 10.2 Å². The van der Waals surface area contributed by atoms with Crippen molar-refractivity contribution in [2.75, 3.05) is 37.7 Å². The lowest BCUT2D eigenvalue weighted by Crippen LogP contribution is -2.36. The highest BCUT2D eigenvalue weighted by molar-refractivity contribution is 6.01. The smallest absolute Gasteiger partial charge is 0.261 e. The number of fused-ring (bicyclic) bond motifs is 1. The molecule has 0 unspecified atom stereocenters. The molecule has 1 saturated heterocycles. The molecule has 1 amide bonds. The third-order valence-electron chi connectivity index (χ3n) is 5.65. The number of H-pyrrole nitrogens is 1. The van der Waals surface area contributed by atoms with Gasteiger partial charge in [-0.05, 0) is 54.3 Å². The summed E-state index contributed by atoms with van der Waals surface area (Å²) in [5.74, 6) is -0.348. The van der Waals surface area contributed by atoms with E-state index in [1.807, 2.05) is 49.5 Å². The lowest BCUT2D eigenvalue weighted by molar-refractivity contribution is -0.117. The molecule has 1 aromatic heterocycles. The summed E-state index contributed by atoms with van der Waals surface area (Å²) in [5, 5.41) is 13.6. The first-order chi connectivity index (χ1) is 15.2. The number of benzene rings is 2. The number of carbonyl (C=O) groups is 1. The van der Waals surface area contributed by atoms with Crippen LogP contribution >= 0.6 is 0 Å². The van der Waals surface area contributed by atoms with Crippen molar-refractivity contribution >= 4 is 28.6 Å². The van der Waals surface area contributed by atoms with Gasteiger partial charge in [-0.2, -0.15) is 5.26 Å². The Hall–Kier alpha value is -3.56. The van der Waals surface area contributed by atoms with Gasteiger partial charge in [0.2, 0.25) is 0 Å². The fourth-order valence-electron chi connectivity index (χ4n) is 3.89. The van der Waals surface area contributed by atoms with Gasteiger partial charge >= 0.3 is 0 Å². The van der Waals surface area contributed by atoms with E-state index in [-0.39, 0.29) is 11.5 Å². The number of nitrogens with one attached hydrogen (secondary N) is 2. The van der Waals surface area contributed by atoms with Gasteiger partial charge in [-0.15, -0.1) is 0 Å². The molecule has 1 fully saturated rings. The van der Waals surface area contributed by atoms with Crippen LogP contribution in [-0.4, -0.2) is 43.7 Å². The number of para-hydroxylation sites is 1. The Labute approximate surface area is 182 Å². The van der Waals surface area contributed by atoms with Crippen molar-refractivity contribution in [3.8, 4) is 6.07 Å². The fourth-order valence-corrected chi connectivity index (χ4v) is 3.89. The van der Waals surface area contributed by atoms with Gasteiger partial charge in [0.15, 0.2) is 0 Å². The molecule has 0 radical (unpaired) electrons. The van der Waals surface area contributed by atoms with Gasteiger partial charge in [-0.3, -0.25) is 4.79 Å². The first kappa shape index (κ1) is 20.7. The average Bonchev–Trinajstić information content (AvgIpc) is 3.22. The molecular formula is C25H26N4O2. The molecule has 0 atom stereocenters. The topological polar surface area (TPSA) is 81.2 Å². The van der Waals surface area contributed by atoms with Crippen LogP contribution in [-0.2, 0) is 16.0 Å². The van der Waals surface area contributed by atoms with Gasteiger partial charge in [-0.25, -0.2) is 0 Å². The minimum Gasteiger partial charge on any atom is -0.378 e. The highest BCUT2D eigenvalue weighted by Crippen LogP contribution is 2.22. The maximum atomic E-state index is 12.6. The van der Waals surface area contributed by atoms with Crippen molar-refractivity contribution in [1.29, 1.82) is 5.26 Å². The molecule has 1 aliphatic heterocycles. The Morgan fingerprint density at radius 2 is 2.06 bits per heavy atom. The van der Waals surface area contributed by atoms with E-state index in [4.69, 9.17) is 4.74 Å². The Bertz CT molecular complexity index is 1150. The van der Waals surface area contributed by atoms with Gasteiger partial charge in [0.05, 0.1) is 13.2 Å². The van der Waals surface area contributed by atoms with E-state index in [2.05, 4.69) is 27.3 Å². The second-order valence-corrected chi connectivity index (χ2v) is 7.68. The summed E-state index contributed by atoms with van der Waals surface area (Å²) in [5.41, 5.74) is 5.38. The number of nitriles is 1. The summed E-state index contributed by atoms with van der Waals surface area (Å²) in [4.78, 5) is 18.1. The molecule has 6 heteroatoms. The molecule has 6 nitrogen and oxygen atoms in total. The number of hydrogen-bond donors (Lipinski definition) is 2. The Morgan fingerprint density at radius 3 is 2.84 bits per heavy atom. The predicted octanol–water partition coefficient (Wildman–Crippen LogP) is 3.58. The van der Waals surface area contributed by atoms with Crippen molar-refractivity contribution in [3.05, 3.63) is 70.9 Å². The lowest BCUT2D eigenvalue weighted by Gasteiger charge is -2.29. The normalized spacial score (nSPS) is 14.5. The highest BCUT2D eigenvalue weighted by Gasteiger charge is 2.13. The van der Waals surface area contributed by atoms with Crippen LogP contribution in [0.15, 0.2) is 54.2 Å². The quantitative estimate of drug-likeness (QED) is 0.477. The number of hydrogen-bond acceptors (Lipinski definition) is 4. The molecule has 4 rings (SSSR count). The largest absolute Gasteiger partial charge is 0.378 e. The number of morpholine rings is 1. The van der Waals surface area contributed by atoms with Gasteiger partial charge in [0.25, 0.3) is 5.91 Å². The van der Waals surface area contributed by atoms with Crippen LogP contribution in [0.5, 0.6) is 0 Å². The molecule has 0 saturated carbocycles. The standard InChI is InChI=1S/C25H26N4O2/c1-18-14-22(29-10-12-31-13-11-29)7-6-19(18)15-21(16-26)25(30)27-9-8-20-17-28-24-5-3-2-4-23(20)24/h2-7,14-15,17,28H,8-13H2,1H3,(H,27,30)/b21-15+. The van der Waals surface area contributed by atoms with E-state index in [0.29, 0.717) is 13.0 Å². The highest BCUT2D eigenvalue weighted by atomic mass is 16.5. The van der Waals surface area contributed by atoms with Crippen LogP contribution in [0.2, 0.25) is 0 Å². The first-order valence-corrected chi connectivity index (χ1v) is 10.5. The third-order valence-corrected chi connectivity index (χ3v) is 5.65. The first-order valence-electron chi connectivity index (χ1n) is 10.5.